The van der Waals surface area contributed by atoms with E-state index in [9.17, 15) is 0 Å². The fraction of sp³-hybridized carbons (Fsp3) is 0.143. The van der Waals surface area contributed by atoms with Gasteiger partial charge in [0.05, 0.1) is 28.4 Å². The van der Waals surface area contributed by atoms with Gasteiger partial charge in [-0.2, -0.15) is 0 Å². The van der Waals surface area contributed by atoms with Crippen molar-refractivity contribution in [1.82, 2.24) is 0 Å². The van der Waals surface area contributed by atoms with Gasteiger partial charge in [-0.25, -0.2) is 0 Å². The minimum Gasteiger partial charge on any atom is -0.497 e. The maximum Gasteiger partial charge on any atom is 0.346 e. The van der Waals surface area contributed by atoms with Crippen LogP contribution in [0.15, 0.2) is 97.1 Å². The Hall–Kier alpha value is -3.83. The highest BCUT2D eigenvalue weighted by atomic mass is 16.5. The van der Waals surface area contributed by atoms with Crippen LogP contribution in [0.4, 0.5) is 0 Å². The molecule has 0 aliphatic rings. The number of ether oxygens (including phenoxy) is 4. The van der Waals surface area contributed by atoms with Crippen LogP contribution in [0, 0.1) is 0 Å². The largest absolute Gasteiger partial charge is 0.497 e. The van der Waals surface area contributed by atoms with Crippen molar-refractivity contribution in [3.63, 3.8) is 0 Å². The Balaban J connectivity index is 1.77. The van der Waals surface area contributed by atoms with E-state index in [-0.39, 0.29) is 13.8 Å². The zero-order valence-electron chi connectivity index (χ0n) is 20.4. The molecule has 0 aliphatic carbocycles. The first-order chi connectivity index (χ1) is 17.1. The molecule has 0 radical (unpaired) electrons. The number of methoxy groups -OCH3 is 4. The first-order valence-electron chi connectivity index (χ1n) is 11.4. The van der Waals surface area contributed by atoms with E-state index >= 15 is 0 Å². The van der Waals surface area contributed by atoms with Crippen molar-refractivity contribution in [3.8, 4) is 23.0 Å². The second kappa shape index (κ2) is 11.5. The predicted octanol–water partition coefficient (Wildman–Crippen LogP) is 2.65. The lowest BCUT2D eigenvalue weighted by atomic mass is 9.47. The number of hydrogen-bond donors (Lipinski definition) is 0. The SMILES string of the molecule is COc1ccc(B(OB(c2ccc(OC)cc2)c2ccc(OC)cc2)c2ccc(OC)cc2)cc1. The van der Waals surface area contributed by atoms with Crippen molar-refractivity contribution in [1.29, 1.82) is 0 Å². The van der Waals surface area contributed by atoms with E-state index in [1.165, 1.54) is 0 Å². The van der Waals surface area contributed by atoms with E-state index in [2.05, 4.69) is 0 Å². The summed E-state index contributed by atoms with van der Waals surface area (Å²) in [4.78, 5) is 0. The van der Waals surface area contributed by atoms with Crippen LogP contribution in [-0.4, -0.2) is 42.3 Å². The van der Waals surface area contributed by atoms with Gasteiger partial charge in [0.1, 0.15) is 23.0 Å². The van der Waals surface area contributed by atoms with E-state index in [1.54, 1.807) is 28.4 Å². The van der Waals surface area contributed by atoms with Crippen LogP contribution in [0.2, 0.25) is 0 Å². The van der Waals surface area contributed by atoms with E-state index in [0.717, 1.165) is 44.8 Å². The minimum atomic E-state index is -0.332. The van der Waals surface area contributed by atoms with Crippen LogP contribution in [0.25, 0.3) is 0 Å². The zero-order chi connectivity index (χ0) is 24.6. The zero-order valence-corrected chi connectivity index (χ0v) is 20.4. The molecule has 35 heavy (non-hydrogen) atoms. The van der Waals surface area contributed by atoms with Crippen LogP contribution < -0.4 is 40.8 Å². The Morgan fingerprint density at radius 3 is 0.714 bits per heavy atom. The molecule has 0 aliphatic heterocycles. The molecule has 4 aromatic rings. The third-order valence-corrected chi connectivity index (χ3v) is 5.95. The summed E-state index contributed by atoms with van der Waals surface area (Å²) in [6, 6.07) is 31.9. The average Bonchev–Trinajstić information content (AvgIpc) is 2.94. The van der Waals surface area contributed by atoms with E-state index in [1.807, 2.05) is 97.1 Å². The molecule has 0 atom stereocenters. The molecule has 0 spiro atoms. The van der Waals surface area contributed by atoms with Gasteiger partial charge in [-0.05, 0) is 70.4 Å². The Labute approximate surface area is 207 Å². The van der Waals surface area contributed by atoms with Crippen LogP contribution in [-0.2, 0) is 4.57 Å². The van der Waals surface area contributed by atoms with E-state index in [0.29, 0.717) is 0 Å². The summed E-state index contributed by atoms with van der Waals surface area (Å²) in [6.45, 7) is -0.665. The van der Waals surface area contributed by atoms with Crippen molar-refractivity contribution in [2.75, 3.05) is 28.4 Å². The molecule has 5 nitrogen and oxygen atoms in total. The highest BCUT2D eigenvalue weighted by Gasteiger charge is 2.30. The molecule has 0 amide bonds. The van der Waals surface area contributed by atoms with Gasteiger partial charge in [-0.15, -0.1) is 0 Å². The fourth-order valence-electron chi connectivity index (χ4n) is 3.95. The van der Waals surface area contributed by atoms with Crippen molar-refractivity contribution in [2.45, 2.75) is 0 Å². The average molecular weight is 466 g/mol. The van der Waals surface area contributed by atoms with Gasteiger partial charge < -0.3 is 23.5 Å². The lowest BCUT2D eigenvalue weighted by Crippen LogP contribution is -2.55. The molecule has 4 aromatic carbocycles. The topological polar surface area (TPSA) is 46.2 Å². The van der Waals surface area contributed by atoms with Crippen LogP contribution >= 0.6 is 0 Å². The van der Waals surface area contributed by atoms with Gasteiger partial charge in [0.2, 0.25) is 0 Å². The second-order valence-electron chi connectivity index (χ2n) is 7.99. The molecular weight excluding hydrogens is 438 g/mol. The summed E-state index contributed by atoms with van der Waals surface area (Å²) in [6.07, 6.45) is 0. The van der Waals surface area contributed by atoms with Crippen LogP contribution in [0.5, 0.6) is 23.0 Å². The van der Waals surface area contributed by atoms with Crippen molar-refractivity contribution >= 4 is 35.7 Å². The minimum absolute atomic E-state index is 0.332. The lowest BCUT2D eigenvalue weighted by molar-refractivity contribution is 0.415. The summed E-state index contributed by atoms with van der Waals surface area (Å²) in [5.74, 6) is 3.18. The number of hydrogen-bond acceptors (Lipinski definition) is 5. The van der Waals surface area contributed by atoms with Crippen molar-refractivity contribution in [3.05, 3.63) is 97.1 Å². The molecule has 7 heteroatoms. The van der Waals surface area contributed by atoms with Gasteiger partial charge in [0, 0.05) is 0 Å². The van der Waals surface area contributed by atoms with Crippen LogP contribution in [0.1, 0.15) is 0 Å². The highest BCUT2D eigenvalue weighted by molar-refractivity contribution is 6.91. The first kappa shape index (κ1) is 24.3. The Morgan fingerprint density at radius 1 is 0.343 bits per heavy atom. The van der Waals surface area contributed by atoms with Gasteiger partial charge in [-0.1, -0.05) is 48.5 Å². The lowest BCUT2D eigenvalue weighted by Gasteiger charge is -2.23. The third kappa shape index (κ3) is 5.81. The summed E-state index contributed by atoms with van der Waals surface area (Å²) in [7, 11) is 6.65. The fourth-order valence-corrected chi connectivity index (χ4v) is 3.95. The van der Waals surface area contributed by atoms with Crippen molar-refractivity contribution < 1.29 is 23.5 Å². The molecule has 176 valence electrons. The molecule has 0 fully saturated rings. The number of rotatable bonds is 10. The van der Waals surface area contributed by atoms with Crippen LogP contribution in [0.3, 0.4) is 0 Å². The molecular formula is C28H28B2O5. The van der Waals surface area contributed by atoms with Gasteiger partial charge in [0.25, 0.3) is 0 Å². The highest BCUT2D eigenvalue weighted by Crippen LogP contribution is 2.13. The van der Waals surface area contributed by atoms with E-state index < -0.39 is 0 Å². The molecule has 0 aromatic heterocycles. The summed E-state index contributed by atoms with van der Waals surface area (Å²) >= 11 is 0. The first-order valence-corrected chi connectivity index (χ1v) is 11.4. The summed E-state index contributed by atoms with van der Waals surface area (Å²) in [5, 5.41) is 0. The summed E-state index contributed by atoms with van der Waals surface area (Å²) < 4.78 is 28.4. The smallest absolute Gasteiger partial charge is 0.346 e. The second-order valence-corrected chi connectivity index (χ2v) is 7.99. The third-order valence-electron chi connectivity index (χ3n) is 5.95. The van der Waals surface area contributed by atoms with E-state index in [4.69, 9.17) is 23.5 Å². The normalized spacial score (nSPS) is 10.4. The molecule has 0 unspecified atom stereocenters. The maximum atomic E-state index is 6.93. The Morgan fingerprint density at radius 2 is 0.543 bits per heavy atom. The van der Waals surface area contributed by atoms with Gasteiger partial charge in [-0.3, -0.25) is 0 Å². The molecule has 0 heterocycles. The van der Waals surface area contributed by atoms with Crippen molar-refractivity contribution in [2.24, 2.45) is 0 Å². The molecule has 4 rings (SSSR count). The van der Waals surface area contributed by atoms with Gasteiger partial charge in [0.15, 0.2) is 0 Å². The quantitative estimate of drug-likeness (QED) is 0.337. The summed E-state index contributed by atoms with van der Waals surface area (Å²) in [5.41, 5.74) is 4.07. The molecule has 0 saturated heterocycles. The monoisotopic (exact) mass is 466 g/mol. The Kier molecular flexibility index (Phi) is 8.01. The molecule has 0 N–H and O–H groups in total. The molecule has 0 bridgehead atoms. The predicted molar refractivity (Wildman–Crippen MR) is 143 cm³/mol. The standard InChI is InChI=1S/C28H28B2O5/c1-31-25-13-5-21(6-14-25)29(22-7-15-26(32-2)16-8-22)35-30(23-9-17-27(33-3)18-10-23)24-11-19-28(34-4)20-12-24/h5-20H,1-4H3. The maximum absolute atomic E-state index is 6.93. The Bertz CT molecular complexity index is 1000. The number of benzene rings is 4. The van der Waals surface area contributed by atoms with Gasteiger partial charge >= 0.3 is 13.8 Å². The molecule has 0 saturated carbocycles.